The highest BCUT2D eigenvalue weighted by Gasteiger charge is 2.21. The molecule has 0 radical (unpaired) electrons. The highest BCUT2D eigenvalue weighted by Crippen LogP contribution is 2.22. The average Bonchev–Trinajstić information content (AvgIpc) is 2.60. The molecule has 1 fully saturated rings. The Morgan fingerprint density at radius 2 is 1.64 bits per heavy atom. The number of halogens is 1. The summed E-state index contributed by atoms with van der Waals surface area (Å²) in [4.78, 5) is 16.7. The van der Waals surface area contributed by atoms with Crippen molar-refractivity contribution in [2.75, 3.05) is 36.4 Å². The molecule has 132 valence electrons. The molecule has 1 saturated heterocycles. The predicted molar refractivity (Wildman–Crippen MR) is 105 cm³/mol. The summed E-state index contributed by atoms with van der Waals surface area (Å²) < 4.78 is 0. The van der Waals surface area contributed by atoms with Gasteiger partial charge in [0.25, 0.3) is 0 Å². The van der Waals surface area contributed by atoms with Gasteiger partial charge in [0.05, 0.1) is 0 Å². The van der Waals surface area contributed by atoms with E-state index in [4.69, 9.17) is 11.6 Å². The van der Waals surface area contributed by atoms with Crippen LogP contribution in [0.3, 0.4) is 0 Å². The van der Waals surface area contributed by atoms with Gasteiger partial charge in [-0.25, -0.2) is 4.79 Å². The lowest BCUT2D eigenvalue weighted by Crippen LogP contribution is -2.50. The van der Waals surface area contributed by atoms with Crippen molar-refractivity contribution in [3.8, 4) is 0 Å². The Morgan fingerprint density at radius 3 is 2.28 bits per heavy atom. The first-order chi connectivity index (χ1) is 11.9. The largest absolute Gasteiger partial charge is 0.368 e. The van der Waals surface area contributed by atoms with Crippen LogP contribution in [0.25, 0.3) is 0 Å². The minimum Gasteiger partial charge on any atom is -0.368 e. The maximum absolute atomic E-state index is 12.5. The smallest absolute Gasteiger partial charge is 0.321 e. The van der Waals surface area contributed by atoms with E-state index in [2.05, 4.69) is 42.3 Å². The van der Waals surface area contributed by atoms with Gasteiger partial charge >= 0.3 is 6.03 Å². The zero-order valence-electron chi connectivity index (χ0n) is 15.0. The van der Waals surface area contributed by atoms with Crippen LogP contribution in [0, 0.1) is 20.8 Å². The molecular weight excluding hydrogens is 334 g/mol. The van der Waals surface area contributed by atoms with E-state index in [0.29, 0.717) is 18.1 Å². The lowest BCUT2D eigenvalue weighted by molar-refractivity contribution is 0.208. The molecule has 0 saturated carbocycles. The van der Waals surface area contributed by atoms with Gasteiger partial charge < -0.3 is 15.1 Å². The minimum absolute atomic E-state index is 0.0508. The van der Waals surface area contributed by atoms with E-state index in [9.17, 15) is 4.79 Å². The Kier molecular flexibility index (Phi) is 5.19. The summed E-state index contributed by atoms with van der Waals surface area (Å²) in [5.74, 6) is 0. The topological polar surface area (TPSA) is 35.6 Å². The molecule has 0 bridgehead atoms. The van der Waals surface area contributed by atoms with Crippen molar-refractivity contribution in [1.82, 2.24) is 4.90 Å². The highest BCUT2D eigenvalue weighted by atomic mass is 35.5. The minimum atomic E-state index is -0.0508. The molecule has 1 heterocycles. The Bertz CT molecular complexity index is 783. The zero-order chi connectivity index (χ0) is 18.0. The third-order valence-electron chi connectivity index (χ3n) is 4.85. The zero-order valence-corrected chi connectivity index (χ0v) is 15.7. The monoisotopic (exact) mass is 357 g/mol. The Labute approximate surface area is 154 Å². The van der Waals surface area contributed by atoms with Crippen molar-refractivity contribution in [1.29, 1.82) is 0 Å². The molecule has 0 unspecified atom stereocenters. The van der Waals surface area contributed by atoms with Gasteiger partial charge in [-0.15, -0.1) is 0 Å². The first-order valence-electron chi connectivity index (χ1n) is 8.58. The van der Waals surface area contributed by atoms with Crippen LogP contribution in [0.1, 0.15) is 16.7 Å². The van der Waals surface area contributed by atoms with E-state index in [0.717, 1.165) is 24.3 Å². The van der Waals surface area contributed by atoms with Gasteiger partial charge in [-0.1, -0.05) is 17.7 Å². The number of carbonyl (C=O) groups is 1. The van der Waals surface area contributed by atoms with Crippen LogP contribution < -0.4 is 10.2 Å². The molecule has 0 aliphatic carbocycles. The van der Waals surface area contributed by atoms with Gasteiger partial charge in [0.15, 0.2) is 0 Å². The SMILES string of the molecule is Cc1ccc(N2CCN(C(=O)Nc3ccc(Cl)cc3C)CC2)cc1C. The third kappa shape index (κ3) is 4.07. The van der Waals surface area contributed by atoms with Crippen molar-refractivity contribution >= 4 is 29.0 Å². The summed E-state index contributed by atoms with van der Waals surface area (Å²) in [6.07, 6.45) is 0. The quantitative estimate of drug-likeness (QED) is 0.851. The van der Waals surface area contributed by atoms with Crippen molar-refractivity contribution in [3.05, 3.63) is 58.1 Å². The van der Waals surface area contributed by atoms with E-state index in [1.807, 2.05) is 24.0 Å². The van der Waals surface area contributed by atoms with Crippen LogP contribution in [-0.2, 0) is 0 Å². The molecule has 3 rings (SSSR count). The number of carbonyl (C=O) groups excluding carboxylic acids is 1. The van der Waals surface area contributed by atoms with E-state index < -0.39 is 0 Å². The molecule has 1 aliphatic heterocycles. The fourth-order valence-corrected chi connectivity index (χ4v) is 3.28. The number of hydrogen-bond donors (Lipinski definition) is 1. The summed E-state index contributed by atoms with van der Waals surface area (Å²) in [5, 5.41) is 3.67. The van der Waals surface area contributed by atoms with E-state index in [-0.39, 0.29) is 6.03 Å². The van der Waals surface area contributed by atoms with Gasteiger partial charge in [-0.3, -0.25) is 0 Å². The number of nitrogens with zero attached hydrogens (tertiary/aromatic N) is 2. The number of piperazine rings is 1. The van der Waals surface area contributed by atoms with Crippen LogP contribution >= 0.6 is 11.6 Å². The predicted octanol–water partition coefficient (Wildman–Crippen LogP) is 4.62. The van der Waals surface area contributed by atoms with Crippen molar-refractivity contribution in [2.45, 2.75) is 20.8 Å². The number of urea groups is 1. The number of aryl methyl sites for hydroxylation is 3. The van der Waals surface area contributed by atoms with E-state index >= 15 is 0 Å². The maximum Gasteiger partial charge on any atom is 0.321 e. The number of nitrogens with one attached hydrogen (secondary N) is 1. The second-order valence-corrected chi connectivity index (χ2v) is 7.07. The Morgan fingerprint density at radius 1 is 0.920 bits per heavy atom. The van der Waals surface area contributed by atoms with Crippen LogP contribution in [0.15, 0.2) is 36.4 Å². The van der Waals surface area contributed by atoms with Crippen LogP contribution in [0.4, 0.5) is 16.2 Å². The standard InChI is InChI=1S/C20H24ClN3O/c1-14-4-6-18(13-15(14)2)23-8-10-24(11-9-23)20(25)22-19-7-5-17(21)12-16(19)3/h4-7,12-13H,8-11H2,1-3H3,(H,22,25). The average molecular weight is 358 g/mol. The molecule has 5 heteroatoms. The first kappa shape index (κ1) is 17.6. The fraction of sp³-hybridized carbons (Fsp3) is 0.350. The van der Waals surface area contributed by atoms with Gasteiger partial charge in [-0.05, 0) is 67.8 Å². The molecular formula is C20H24ClN3O. The van der Waals surface area contributed by atoms with Gasteiger partial charge in [0.1, 0.15) is 0 Å². The van der Waals surface area contributed by atoms with Crippen molar-refractivity contribution in [2.24, 2.45) is 0 Å². The molecule has 0 atom stereocenters. The molecule has 4 nitrogen and oxygen atoms in total. The van der Waals surface area contributed by atoms with Crippen LogP contribution in [0.2, 0.25) is 5.02 Å². The maximum atomic E-state index is 12.5. The number of rotatable bonds is 2. The van der Waals surface area contributed by atoms with Gasteiger partial charge in [0, 0.05) is 42.6 Å². The number of amides is 2. The molecule has 2 aromatic rings. The molecule has 1 aliphatic rings. The van der Waals surface area contributed by atoms with Crippen molar-refractivity contribution in [3.63, 3.8) is 0 Å². The molecule has 25 heavy (non-hydrogen) atoms. The second kappa shape index (κ2) is 7.36. The Balaban J connectivity index is 1.59. The van der Waals surface area contributed by atoms with Crippen LogP contribution in [0.5, 0.6) is 0 Å². The molecule has 2 aromatic carbocycles. The van der Waals surface area contributed by atoms with Crippen molar-refractivity contribution < 1.29 is 4.79 Å². The normalized spacial score (nSPS) is 14.6. The summed E-state index contributed by atoms with van der Waals surface area (Å²) >= 11 is 5.97. The van der Waals surface area contributed by atoms with Gasteiger partial charge in [-0.2, -0.15) is 0 Å². The fourth-order valence-electron chi connectivity index (χ4n) is 3.05. The number of benzene rings is 2. The second-order valence-electron chi connectivity index (χ2n) is 6.63. The summed E-state index contributed by atoms with van der Waals surface area (Å²) in [5.41, 5.74) is 5.62. The number of anilines is 2. The molecule has 0 aromatic heterocycles. The number of hydrogen-bond acceptors (Lipinski definition) is 2. The molecule has 2 amide bonds. The summed E-state index contributed by atoms with van der Waals surface area (Å²) in [6.45, 7) is 9.32. The Hall–Kier alpha value is -2.20. The first-order valence-corrected chi connectivity index (χ1v) is 8.96. The van der Waals surface area contributed by atoms with Gasteiger partial charge in [0.2, 0.25) is 0 Å². The summed E-state index contributed by atoms with van der Waals surface area (Å²) in [7, 11) is 0. The lowest BCUT2D eigenvalue weighted by Gasteiger charge is -2.36. The third-order valence-corrected chi connectivity index (χ3v) is 5.09. The molecule has 0 spiro atoms. The van der Waals surface area contributed by atoms with E-state index in [1.165, 1.54) is 16.8 Å². The van der Waals surface area contributed by atoms with E-state index in [1.54, 1.807) is 6.07 Å². The highest BCUT2D eigenvalue weighted by molar-refractivity contribution is 6.30. The lowest BCUT2D eigenvalue weighted by atomic mass is 10.1. The molecule has 1 N–H and O–H groups in total. The summed E-state index contributed by atoms with van der Waals surface area (Å²) in [6, 6.07) is 12.0. The van der Waals surface area contributed by atoms with Crippen LogP contribution in [-0.4, -0.2) is 37.1 Å².